The molecular formula is C16H20N2O4S. The summed E-state index contributed by atoms with van der Waals surface area (Å²) in [4.78, 5) is 12.6. The zero-order chi connectivity index (χ0) is 16.7. The van der Waals surface area contributed by atoms with E-state index in [2.05, 4.69) is 10.6 Å². The Morgan fingerprint density at radius 3 is 2.65 bits per heavy atom. The molecule has 1 atom stereocenters. The standard InChI is InChI=1S/C16H20N2O4S/c1-21-13-6-5-11(8-14(13)22-2)9-17-16(20)18-10-12(19)15-4-3-7-23-15/h3-8,12,19H,9-10H2,1-2H3,(H2,17,18,20). The number of benzene rings is 1. The molecule has 0 fully saturated rings. The summed E-state index contributed by atoms with van der Waals surface area (Å²) in [7, 11) is 3.13. The van der Waals surface area contributed by atoms with Crippen LogP contribution in [-0.2, 0) is 6.54 Å². The molecule has 1 heterocycles. The minimum atomic E-state index is -0.693. The van der Waals surface area contributed by atoms with Crippen LogP contribution in [0, 0.1) is 0 Å². The molecule has 0 saturated heterocycles. The lowest BCUT2D eigenvalue weighted by Gasteiger charge is -2.12. The maximum Gasteiger partial charge on any atom is 0.315 e. The number of hydrogen-bond donors (Lipinski definition) is 3. The Balaban J connectivity index is 1.80. The summed E-state index contributed by atoms with van der Waals surface area (Å²) in [6.07, 6.45) is -0.693. The number of urea groups is 1. The summed E-state index contributed by atoms with van der Waals surface area (Å²) >= 11 is 1.45. The highest BCUT2D eigenvalue weighted by molar-refractivity contribution is 7.10. The molecular weight excluding hydrogens is 316 g/mol. The molecule has 0 radical (unpaired) electrons. The van der Waals surface area contributed by atoms with Crippen molar-refractivity contribution >= 4 is 17.4 Å². The average molecular weight is 336 g/mol. The minimum Gasteiger partial charge on any atom is -0.493 e. The molecule has 6 nitrogen and oxygen atoms in total. The van der Waals surface area contributed by atoms with Gasteiger partial charge in [-0.05, 0) is 29.1 Å². The first-order valence-corrected chi connectivity index (χ1v) is 7.96. The van der Waals surface area contributed by atoms with E-state index in [-0.39, 0.29) is 12.6 Å². The van der Waals surface area contributed by atoms with Crippen LogP contribution >= 0.6 is 11.3 Å². The van der Waals surface area contributed by atoms with Crippen molar-refractivity contribution in [2.75, 3.05) is 20.8 Å². The van der Waals surface area contributed by atoms with E-state index < -0.39 is 6.10 Å². The Labute approximate surface area is 139 Å². The van der Waals surface area contributed by atoms with Gasteiger partial charge in [-0.3, -0.25) is 0 Å². The monoisotopic (exact) mass is 336 g/mol. The van der Waals surface area contributed by atoms with Crippen LogP contribution in [0.15, 0.2) is 35.7 Å². The van der Waals surface area contributed by atoms with Crippen molar-refractivity contribution in [1.29, 1.82) is 0 Å². The lowest BCUT2D eigenvalue weighted by molar-refractivity contribution is 0.176. The van der Waals surface area contributed by atoms with Crippen LogP contribution in [-0.4, -0.2) is 31.9 Å². The van der Waals surface area contributed by atoms with Crippen LogP contribution in [0.3, 0.4) is 0 Å². The number of methoxy groups -OCH3 is 2. The number of aliphatic hydroxyl groups excluding tert-OH is 1. The van der Waals surface area contributed by atoms with E-state index in [1.807, 2.05) is 23.6 Å². The second-order valence-electron chi connectivity index (χ2n) is 4.78. The summed E-state index contributed by atoms with van der Waals surface area (Å²) in [5.41, 5.74) is 0.886. The molecule has 2 rings (SSSR count). The number of hydrogen-bond acceptors (Lipinski definition) is 5. The molecule has 0 spiro atoms. The number of carbonyl (C=O) groups is 1. The lowest BCUT2D eigenvalue weighted by Crippen LogP contribution is -2.37. The molecule has 1 aromatic carbocycles. The molecule has 0 aliphatic heterocycles. The molecule has 0 aliphatic rings. The number of nitrogens with one attached hydrogen (secondary N) is 2. The van der Waals surface area contributed by atoms with Gasteiger partial charge in [0, 0.05) is 11.4 Å². The molecule has 0 bridgehead atoms. The highest BCUT2D eigenvalue weighted by Gasteiger charge is 2.10. The normalized spacial score (nSPS) is 11.6. The summed E-state index contributed by atoms with van der Waals surface area (Å²) < 4.78 is 10.4. The fourth-order valence-corrected chi connectivity index (χ4v) is 2.72. The van der Waals surface area contributed by atoms with Gasteiger partial charge in [0.05, 0.1) is 20.8 Å². The van der Waals surface area contributed by atoms with Gasteiger partial charge in [-0.25, -0.2) is 4.79 Å². The van der Waals surface area contributed by atoms with Gasteiger partial charge in [0.25, 0.3) is 0 Å². The van der Waals surface area contributed by atoms with Crippen molar-refractivity contribution in [2.45, 2.75) is 12.6 Å². The number of ether oxygens (including phenoxy) is 2. The maximum atomic E-state index is 11.8. The van der Waals surface area contributed by atoms with Gasteiger partial charge in [0.1, 0.15) is 6.10 Å². The number of rotatable bonds is 7. The molecule has 23 heavy (non-hydrogen) atoms. The zero-order valence-corrected chi connectivity index (χ0v) is 13.9. The Hall–Kier alpha value is -2.25. The van der Waals surface area contributed by atoms with Crippen LogP contribution in [0.1, 0.15) is 16.5 Å². The quantitative estimate of drug-likeness (QED) is 0.725. The number of aliphatic hydroxyl groups is 1. The van der Waals surface area contributed by atoms with E-state index >= 15 is 0 Å². The predicted octanol–water partition coefficient (Wildman–Crippen LogP) is 2.30. The number of carbonyl (C=O) groups excluding carboxylic acids is 1. The minimum absolute atomic E-state index is 0.165. The molecule has 3 N–H and O–H groups in total. The fraction of sp³-hybridized carbons (Fsp3) is 0.312. The van der Waals surface area contributed by atoms with Gasteiger partial charge >= 0.3 is 6.03 Å². The molecule has 1 unspecified atom stereocenters. The maximum absolute atomic E-state index is 11.8. The van der Waals surface area contributed by atoms with Crippen LogP contribution in [0.25, 0.3) is 0 Å². The second kappa shape index (κ2) is 8.40. The van der Waals surface area contributed by atoms with Gasteiger partial charge < -0.3 is 25.2 Å². The van der Waals surface area contributed by atoms with E-state index in [1.165, 1.54) is 11.3 Å². The average Bonchev–Trinajstić information content (AvgIpc) is 3.12. The van der Waals surface area contributed by atoms with Crippen molar-refractivity contribution in [3.05, 3.63) is 46.2 Å². The molecule has 7 heteroatoms. The molecule has 2 aromatic rings. The van der Waals surface area contributed by atoms with Gasteiger partial charge in [0.15, 0.2) is 11.5 Å². The van der Waals surface area contributed by atoms with Crippen LogP contribution < -0.4 is 20.1 Å². The largest absolute Gasteiger partial charge is 0.493 e. The van der Waals surface area contributed by atoms with Gasteiger partial charge in [-0.1, -0.05) is 12.1 Å². The smallest absolute Gasteiger partial charge is 0.315 e. The first-order chi connectivity index (χ1) is 11.1. The highest BCUT2D eigenvalue weighted by atomic mass is 32.1. The predicted molar refractivity (Wildman–Crippen MR) is 89.1 cm³/mol. The third-order valence-corrected chi connectivity index (χ3v) is 4.20. The first kappa shape index (κ1) is 17.1. The van der Waals surface area contributed by atoms with Crippen LogP contribution in [0.2, 0.25) is 0 Å². The van der Waals surface area contributed by atoms with E-state index in [9.17, 15) is 9.90 Å². The van der Waals surface area contributed by atoms with Crippen molar-refractivity contribution < 1.29 is 19.4 Å². The number of thiophene rings is 1. The summed E-state index contributed by atoms with van der Waals surface area (Å²) in [5, 5.41) is 17.2. The van der Waals surface area contributed by atoms with Crippen molar-refractivity contribution in [2.24, 2.45) is 0 Å². The molecule has 1 aromatic heterocycles. The Bertz CT molecular complexity index is 631. The fourth-order valence-electron chi connectivity index (χ4n) is 2.01. The van der Waals surface area contributed by atoms with Gasteiger partial charge in [-0.2, -0.15) is 0 Å². The van der Waals surface area contributed by atoms with Crippen LogP contribution in [0.5, 0.6) is 11.5 Å². The molecule has 0 saturated carbocycles. The number of amides is 2. The highest BCUT2D eigenvalue weighted by Crippen LogP contribution is 2.27. The van der Waals surface area contributed by atoms with E-state index in [1.54, 1.807) is 26.4 Å². The van der Waals surface area contributed by atoms with Gasteiger partial charge in [-0.15, -0.1) is 11.3 Å². The zero-order valence-electron chi connectivity index (χ0n) is 13.0. The van der Waals surface area contributed by atoms with E-state index in [0.717, 1.165) is 10.4 Å². The Kier molecular flexibility index (Phi) is 6.25. The van der Waals surface area contributed by atoms with Crippen molar-refractivity contribution in [3.63, 3.8) is 0 Å². The third kappa shape index (κ3) is 4.87. The summed E-state index contributed by atoms with van der Waals surface area (Å²) in [5.74, 6) is 1.25. The van der Waals surface area contributed by atoms with Crippen molar-refractivity contribution in [1.82, 2.24) is 10.6 Å². The molecule has 0 aliphatic carbocycles. The van der Waals surface area contributed by atoms with Crippen molar-refractivity contribution in [3.8, 4) is 11.5 Å². The summed E-state index contributed by atoms with van der Waals surface area (Å²) in [6, 6.07) is 8.80. The van der Waals surface area contributed by atoms with E-state index in [0.29, 0.717) is 18.0 Å². The lowest BCUT2D eigenvalue weighted by atomic mass is 10.2. The van der Waals surface area contributed by atoms with E-state index in [4.69, 9.17) is 9.47 Å². The molecule has 2 amide bonds. The van der Waals surface area contributed by atoms with Crippen LogP contribution in [0.4, 0.5) is 4.79 Å². The molecule has 124 valence electrons. The Morgan fingerprint density at radius 2 is 2.00 bits per heavy atom. The Morgan fingerprint density at radius 1 is 1.22 bits per heavy atom. The summed E-state index contributed by atoms with van der Waals surface area (Å²) in [6.45, 7) is 0.513. The van der Waals surface area contributed by atoms with Gasteiger partial charge in [0.2, 0.25) is 0 Å². The third-order valence-electron chi connectivity index (χ3n) is 3.23. The topological polar surface area (TPSA) is 79.8 Å². The first-order valence-electron chi connectivity index (χ1n) is 7.08. The second-order valence-corrected chi connectivity index (χ2v) is 5.76. The SMILES string of the molecule is COc1ccc(CNC(=O)NCC(O)c2cccs2)cc1OC.